The van der Waals surface area contributed by atoms with Gasteiger partial charge in [-0.3, -0.25) is 0 Å². The largest absolute Gasteiger partial charge is 0.493 e. The monoisotopic (exact) mass is 325 g/mol. The number of ether oxygens (including phenoxy) is 2. The summed E-state index contributed by atoms with van der Waals surface area (Å²) in [6, 6.07) is 12.9. The summed E-state index contributed by atoms with van der Waals surface area (Å²) in [6.45, 7) is 1.60. The highest BCUT2D eigenvalue weighted by molar-refractivity contribution is 6.35. The van der Waals surface area contributed by atoms with Gasteiger partial charge in [0.25, 0.3) is 0 Å². The molecule has 0 amide bonds. The van der Waals surface area contributed by atoms with Crippen LogP contribution in [-0.4, -0.2) is 13.2 Å². The third-order valence-corrected chi connectivity index (χ3v) is 3.37. The summed E-state index contributed by atoms with van der Waals surface area (Å²) in [5.41, 5.74) is 6.64. The third kappa shape index (κ3) is 5.12. The van der Waals surface area contributed by atoms with Crippen molar-refractivity contribution in [2.24, 2.45) is 5.73 Å². The SMILES string of the molecule is NCc1cccc(OCCCOc2ccc(Cl)cc2Cl)c1. The van der Waals surface area contributed by atoms with Gasteiger partial charge in [-0.25, -0.2) is 0 Å². The second-order valence-corrected chi connectivity index (χ2v) is 5.32. The Hall–Kier alpha value is -1.42. The van der Waals surface area contributed by atoms with Crippen LogP contribution in [0.4, 0.5) is 0 Å². The molecule has 0 aliphatic heterocycles. The van der Waals surface area contributed by atoms with Crippen molar-refractivity contribution in [1.82, 2.24) is 0 Å². The van der Waals surface area contributed by atoms with E-state index >= 15 is 0 Å². The van der Waals surface area contributed by atoms with Gasteiger partial charge in [-0.1, -0.05) is 35.3 Å². The van der Waals surface area contributed by atoms with Gasteiger partial charge in [0.1, 0.15) is 11.5 Å². The molecule has 21 heavy (non-hydrogen) atoms. The minimum Gasteiger partial charge on any atom is -0.493 e. The van der Waals surface area contributed by atoms with Crippen LogP contribution in [0.3, 0.4) is 0 Å². The van der Waals surface area contributed by atoms with E-state index in [2.05, 4.69) is 0 Å². The van der Waals surface area contributed by atoms with Gasteiger partial charge in [0, 0.05) is 18.0 Å². The minimum absolute atomic E-state index is 0.509. The van der Waals surface area contributed by atoms with Crippen molar-refractivity contribution in [3.05, 3.63) is 58.1 Å². The van der Waals surface area contributed by atoms with Crippen molar-refractivity contribution in [1.29, 1.82) is 0 Å². The van der Waals surface area contributed by atoms with Crippen molar-refractivity contribution >= 4 is 23.2 Å². The fraction of sp³-hybridized carbons (Fsp3) is 0.250. The maximum Gasteiger partial charge on any atom is 0.137 e. The van der Waals surface area contributed by atoms with Gasteiger partial charge in [0.15, 0.2) is 0 Å². The maximum atomic E-state index is 6.02. The molecule has 0 radical (unpaired) electrons. The molecular weight excluding hydrogens is 309 g/mol. The summed E-state index contributed by atoms with van der Waals surface area (Å²) >= 11 is 11.8. The lowest BCUT2D eigenvalue weighted by Crippen LogP contribution is -2.05. The molecule has 5 heteroatoms. The van der Waals surface area contributed by atoms with E-state index in [1.165, 1.54) is 0 Å². The molecular formula is C16H17Cl2NO2. The molecule has 0 bridgehead atoms. The minimum atomic E-state index is 0.509. The molecule has 0 saturated heterocycles. The van der Waals surface area contributed by atoms with Crippen molar-refractivity contribution in [3.63, 3.8) is 0 Å². The predicted octanol–water partition coefficient (Wildman–Crippen LogP) is 4.30. The molecule has 2 aromatic carbocycles. The molecule has 0 aliphatic carbocycles. The highest BCUT2D eigenvalue weighted by atomic mass is 35.5. The highest BCUT2D eigenvalue weighted by Crippen LogP contribution is 2.27. The zero-order valence-electron chi connectivity index (χ0n) is 11.5. The fourth-order valence-electron chi connectivity index (χ4n) is 1.79. The Kier molecular flexibility index (Phi) is 6.18. The van der Waals surface area contributed by atoms with Crippen LogP contribution in [0.15, 0.2) is 42.5 Å². The molecule has 0 spiro atoms. The average molecular weight is 326 g/mol. The first-order valence-electron chi connectivity index (χ1n) is 6.68. The summed E-state index contributed by atoms with van der Waals surface area (Å²) < 4.78 is 11.2. The van der Waals surface area contributed by atoms with Crippen LogP contribution < -0.4 is 15.2 Å². The Balaban J connectivity index is 1.72. The Morgan fingerprint density at radius 3 is 2.52 bits per heavy atom. The lowest BCUT2D eigenvalue weighted by Gasteiger charge is -2.10. The van der Waals surface area contributed by atoms with Crippen LogP contribution in [0, 0.1) is 0 Å². The van der Waals surface area contributed by atoms with Crippen LogP contribution in [0.25, 0.3) is 0 Å². The van der Waals surface area contributed by atoms with E-state index in [0.29, 0.717) is 35.6 Å². The van der Waals surface area contributed by atoms with E-state index in [0.717, 1.165) is 17.7 Å². The lowest BCUT2D eigenvalue weighted by molar-refractivity contribution is 0.247. The normalized spacial score (nSPS) is 10.4. The molecule has 0 aromatic heterocycles. The predicted molar refractivity (Wildman–Crippen MR) is 86.4 cm³/mol. The molecule has 2 aromatic rings. The zero-order valence-corrected chi connectivity index (χ0v) is 13.0. The molecule has 0 atom stereocenters. The van der Waals surface area contributed by atoms with Gasteiger partial charge in [-0.05, 0) is 35.9 Å². The summed E-state index contributed by atoms with van der Waals surface area (Å²) in [5, 5.41) is 1.11. The van der Waals surface area contributed by atoms with Gasteiger partial charge < -0.3 is 15.2 Å². The molecule has 0 saturated carbocycles. The Morgan fingerprint density at radius 1 is 0.952 bits per heavy atom. The van der Waals surface area contributed by atoms with Crippen molar-refractivity contribution in [2.75, 3.05) is 13.2 Å². The average Bonchev–Trinajstić information content (AvgIpc) is 2.49. The molecule has 0 unspecified atom stereocenters. The van der Waals surface area contributed by atoms with Gasteiger partial charge >= 0.3 is 0 Å². The van der Waals surface area contributed by atoms with Crippen molar-refractivity contribution in [2.45, 2.75) is 13.0 Å². The molecule has 0 heterocycles. The first kappa shape index (κ1) is 16.0. The molecule has 0 fully saturated rings. The summed E-state index contributed by atoms with van der Waals surface area (Å²) in [6.07, 6.45) is 0.756. The molecule has 3 nitrogen and oxygen atoms in total. The number of rotatable bonds is 7. The second-order valence-electron chi connectivity index (χ2n) is 4.48. The summed E-state index contributed by atoms with van der Waals surface area (Å²) in [4.78, 5) is 0. The number of hydrogen-bond acceptors (Lipinski definition) is 3. The Labute approximate surface area is 134 Å². The van der Waals surface area contributed by atoms with Crippen molar-refractivity contribution in [3.8, 4) is 11.5 Å². The lowest BCUT2D eigenvalue weighted by atomic mass is 10.2. The van der Waals surface area contributed by atoms with E-state index in [1.54, 1.807) is 18.2 Å². The number of nitrogens with two attached hydrogens (primary N) is 1. The zero-order chi connectivity index (χ0) is 15.1. The van der Waals surface area contributed by atoms with Crippen LogP contribution in [0.1, 0.15) is 12.0 Å². The quantitative estimate of drug-likeness (QED) is 0.772. The molecule has 112 valence electrons. The Morgan fingerprint density at radius 2 is 1.76 bits per heavy atom. The van der Waals surface area contributed by atoms with Gasteiger partial charge in [0.05, 0.1) is 18.2 Å². The second kappa shape index (κ2) is 8.13. The van der Waals surface area contributed by atoms with Crippen LogP contribution in [-0.2, 0) is 6.54 Å². The third-order valence-electron chi connectivity index (χ3n) is 2.84. The Bertz CT molecular complexity index is 590. The maximum absolute atomic E-state index is 6.02. The van der Waals surface area contributed by atoms with Crippen LogP contribution in [0.2, 0.25) is 10.0 Å². The standard InChI is InChI=1S/C16H17Cl2NO2/c17-13-5-6-16(15(18)10-13)21-8-2-7-20-14-4-1-3-12(9-14)11-19/h1,3-6,9-10H,2,7-8,11,19H2. The van der Waals surface area contributed by atoms with Crippen LogP contribution in [0.5, 0.6) is 11.5 Å². The van der Waals surface area contributed by atoms with Gasteiger partial charge in [-0.2, -0.15) is 0 Å². The molecule has 2 N–H and O–H groups in total. The number of halogens is 2. The topological polar surface area (TPSA) is 44.5 Å². The smallest absolute Gasteiger partial charge is 0.137 e. The van der Waals surface area contributed by atoms with Crippen LogP contribution >= 0.6 is 23.2 Å². The molecule has 2 rings (SSSR count). The van der Waals surface area contributed by atoms with E-state index in [4.69, 9.17) is 38.4 Å². The van der Waals surface area contributed by atoms with E-state index in [9.17, 15) is 0 Å². The first-order chi connectivity index (χ1) is 10.2. The van der Waals surface area contributed by atoms with E-state index in [1.807, 2.05) is 24.3 Å². The van der Waals surface area contributed by atoms with E-state index in [-0.39, 0.29) is 0 Å². The molecule has 0 aliphatic rings. The number of benzene rings is 2. The highest BCUT2D eigenvalue weighted by Gasteiger charge is 2.02. The summed E-state index contributed by atoms with van der Waals surface area (Å²) in [5.74, 6) is 1.45. The first-order valence-corrected chi connectivity index (χ1v) is 7.44. The fourth-order valence-corrected chi connectivity index (χ4v) is 2.25. The summed E-state index contributed by atoms with van der Waals surface area (Å²) in [7, 11) is 0. The van der Waals surface area contributed by atoms with E-state index < -0.39 is 0 Å². The van der Waals surface area contributed by atoms with Gasteiger partial charge in [-0.15, -0.1) is 0 Å². The number of hydrogen-bond donors (Lipinski definition) is 1. The van der Waals surface area contributed by atoms with Gasteiger partial charge in [0.2, 0.25) is 0 Å². The van der Waals surface area contributed by atoms with Crippen molar-refractivity contribution < 1.29 is 9.47 Å².